The molecule has 2 N–H and O–H groups in total. The third-order valence-electron chi connectivity index (χ3n) is 8.49. The molecule has 0 aliphatic rings. The first kappa shape index (κ1) is 54.2. The quantitative estimate of drug-likeness (QED) is 0.0157. The Balaban J connectivity index is 4.59. The van der Waals surface area contributed by atoms with Crippen LogP contribution < -0.4 is 0 Å². The first-order chi connectivity index (χ1) is 27.4. The monoisotopic (exact) mass is 821 g/mol. The number of hydrogen-bond donors (Lipinski definition) is 2. The van der Waals surface area contributed by atoms with E-state index in [1.807, 2.05) is 57.6 Å². The fourth-order valence-corrected chi connectivity index (χ4v) is 5.84. The molecule has 11 heteroatoms. The number of quaternary nitrogens is 1. The van der Waals surface area contributed by atoms with Crippen molar-refractivity contribution in [3.63, 3.8) is 0 Å². The van der Waals surface area contributed by atoms with E-state index in [1.54, 1.807) is 6.08 Å². The van der Waals surface area contributed by atoms with Gasteiger partial charge in [0.05, 0.1) is 33.9 Å². The average molecular weight is 821 g/mol. The summed E-state index contributed by atoms with van der Waals surface area (Å²) in [5, 5.41) is 10.1. The second-order valence-electron chi connectivity index (χ2n) is 15.2. The summed E-state index contributed by atoms with van der Waals surface area (Å²) < 4.78 is 34.1. The fraction of sp³-hybridized carbons (Fsp3) is 0.652. The lowest BCUT2D eigenvalue weighted by molar-refractivity contribution is -0.870. The van der Waals surface area contributed by atoms with Gasteiger partial charge in [-0.05, 0) is 77.0 Å². The smallest absolute Gasteiger partial charge is 0.462 e. The van der Waals surface area contributed by atoms with Crippen molar-refractivity contribution in [2.75, 3.05) is 47.5 Å². The van der Waals surface area contributed by atoms with Crippen molar-refractivity contribution >= 4 is 19.8 Å². The molecule has 0 fully saturated rings. The molecule has 0 heterocycles. The van der Waals surface area contributed by atoms with E-state index in [-0.39, 0.29) is 26.1 Å². The maximum absolute atomic E-state index is 12.7. The maximum Gasteiger partial charge on any atom is 0.472 e. The van der Waals surface area contributed by atoms with Gasteiger partial charge in [-0.15, -0.1) is 0 Å². The third-order valence-corrected chi connectivity index (χ3v) is 9.47. The Labute approximate surface area is 346 Å². The fourth-order valence-electron chi connectivity index (χ4n) is 5.10. The predicted octanol–water partition coefficient (Wildman–Crippen LogP) is 11.0. The number of likely N-dealkylation sites (N-methyl/N-ethyl adjacent to an activating group) is 1. The van der Waals surface area contributed by atoms with Gasteiger partial charge in [0.25, 0.3) is 0 Å². The van der Waals surface area contributed by atoms with Crippen LogP contribution in [0.3, 0.4) is 0 Å². The van der Waals surface area contributed by atoms with E-state index in [4.69, 9.17) is 18.5 Å². The minimum Gasteiger partial charge on any atom is -0.462 e. The van der Waals surface area contributed by atoms with Crippen LogP contribution in [0.1, 0.15) is 136 Å². The summed E-state index contributed by atoms with van der Waals surface area (Å²) >= 11 is 0. The molecule has 10 nitrogen and oxygen atoms in total. The number of allylic oxidation sites excluding steroid dienone is 12. The summed E-state index contributed by atoms with van der Waals surface area (Å²) in [5.74, 6) is -0.935. The van der Waals surface area contributed by atoms with Crippen molar-refractivity contribution in [2.24, 2.45) is 0 Å². The van der Waals surface area contributed by atoms with Crippen LogP contribution in [0, 0.1) is 0 Å². The number of phosphoric acid groups is 1. The van der Waals surface area contributed by atoms with E-state index >= 15 is 0 Å². The zero-order chi connectivity index (χ0) is 42.3. The number of nitrogens with zero attached hydrogens (tertiary/aromatic N) is 1. The van der Waals surface area contributed by atoms with E-state index in [9.17, 15) is 24.2 Å². The van der Waals surface area contributed by atoms with Crippen molar-refractivity contribution in [3.8, 4) is 0 Å². The Bertz CT molecular complexity index is 1260. The number of rotatable bonds is 37. The average Bonchev–Trinajstić information content (AvgIpc) is 3.15. The molecule has 0 aliphatic heterocycles. The van der Waals surface area contributed by atoms with Crippen LogP contribution in [0.2, 0.25) is 0 Å². The normalized spacial score (nSPS) is 15.0. The molecule has 0 bridgehead atoms. The highest BCUT2D eigenvalue weighted by Gasteiger charge is 2.27. The minimum absolute atomic E-state index is 0.00216. The van der Waals surface area contributed by atoms with Gasteiger partial charge in [0.15, 0.2) is 6.10 Å². The Morgan fingerprint density at radius 1 is 0.649 bits per heavy atom. The van der Waals surface area contributed by atoms with Crippen LogP contribution in [-0.2, 0) is 32.7 Å². The highest BCUT2D eigenvalue weighted by Crippen LogP contribution is 2.43. The molecular formula is C46H79NO9P+. The second kappa shape index (κ2) is 37.4. The van der Waals surface area contributed by atoms with Crippen LogP contribution in [0.4, 0.5) is 0 Å². The lowest BCUT2D eigenvalue weighted by Gasteiger charge is -2.24. The molecule has 57 heavy (non-hydrogen) atoms. The van der Waals surface area contributed by atoms with E-state index in [0.29, 0.717) is 36.7 Å². The number of esters is 2. The molecule has 1 unspecified atom stereocenters. The molecule has 0 aromatic heterocycles. The third kappa shape index (κ3) is 41.1. The van der Waals surface area contributed by atoms with Gasteiger partial charge in [-0.1, -0.05) is 131 Å². The van der Waals surface area contributed by atoms with Crippen molar-refractivity contribution in [1.82, 2.24) is 0 Å². The molecule has 0 aliphatic carbocycles. The Kier molecular flexibility index (Phi) is 35.6. The summed E-state index contributed by atoms with van der Waals surface area (Å²) in [6.45, 7) is 4.07. The highest BCUT2D eigenvalue weighted by atomic mass is 31.2. The summed E-state index contributed by atoms with van der Waals surface area (Å²) in [6.07, 6.45) is 43.8. The van der Waals surface area contributed by atoms with Gasteiger partial charge in [0.1, 0.15) is 19.8 Å². The van der Waals surface area contributed by atoms with Crippen molar-refractivity contribution in [1.29, 1.82) is 0 Å². The van der Waals surface area contributed by atoms with Gasteiger partial charge >= 0.3 is 19.8 Å². The molecule has 0 rings (SSSR count). The highest BCUT2D eigenvalue weighted by molar-refractivity contribution is 7.47. The standard InChI is InChI=1S/C46H78NO9P/c1-6-8-10-12-14-15-16-17-18-19-20-21-25-29-33-37-45(49)53-41-44(42-55-57(51,52)54-40-39-47(3,4)5)56-46(50)38-34-30-26-22-24-28-32-36-43(48)35-31-27-23-13-11-9-7-2/h8,10,14-15,17-18,22-23,26-28,31-32,35,43-44,48H,6-7,9,11-13,16,19-21,24-25,29-30,33-34,36-42H2,1-5H3/p+1/b10-8-,15-14-,18-17-,26-22+,27-23-,32-28-,35-31-/t43-,44+/m0/s1. The number of hydrogen-bond acceptors (Lipinski definition) is 8. The zero-order valence-electron chi connectivity index (χ0n) is 36.1. The number of carbonyl (C=O) groups excluding carboxylic acids is 2. The first-order valence-corrected chi connectivity index (χ1v) is 22.9. The molecule has 0 spiro atoms. The van der Waals surface area contributed by atoms with Crippen LogP contribution in [0.25, 0.3) is 0 Å². The second-order valence-corrected chi connectivity index (χ2v) is 16.6. The molecule has 0 aromatic carbocycles. The number of ether oxygens (including phenoxy) is 2. The predicted molar refractivity (Wildman–Crippen MR) is 235 cm³/mol. The molecule has 3 atom stereocenters. The van der Waals surface area contributed by atoms with Crippen molar-refractivity contribution in [3.05, 3.63) is 85.1 Å². The number of aliphatic hydroxyl groups is 1. The van der Waals surface area contributed by atoms with Crippen molar-refractivity contribution < 1.29 is 47.2 Å². The summed E-state index contributed by atoms with van der Waals surface area (Å²) in [4.78, 5) is 35.3. The van der Waals surface area contributed by atoms with Gasteiger partial charge < -0.3 is 24.0 Å². The number of phosphoric ester groups is 1. The van der Waals surface area contributed by atoms with Gasteiger partial charge in [0, 0.05) is 12.8 Å². The minimum atomic E-state index is -4.41. The Hall–Kier alpha value is -2.85. The van der Waals surface area contributed by atoms with Crippen LogP contribution in [0.5, 0.6) is 0 Å². The molecule has 326 valence electrons. The van der Waals surface area contributed by atoms with E-state index in [2.05, 4.69) is 56.4 Å². The number of aliphatic hydroxyl groups excluding tert-OH is 1. The van der Waals surface area contributed by atoms with Gasteiger partial charge in [-0.2, -0.15) is 0 Å². The molecule has 0 saturated heterocycles. The molecular weight excluding hydrogens is 741 g/mol. The number of carbonyl (C=O) groups is 2. The van der Waals surface area contributed by atoms with Crippen molar-refractivity contribution in [2.45, 2.75) is 148 Å². The topological polar surface area (TPSA) is 129 Å². The van der Waals surface area contributed by atoms with Gasteiger partial charge in [0.2, 0.25) is 0 Å². The number of unbranched alkanes of at least 4 members (excludes halogenated alkanes) is 9. The van der Waals surface area contributed by atoms with Crippen LogP contribution >= 0.6 is 7.82 Å². The summed E-state index contributed by atoms with van der Waals surface area (Å²) in [7, 11) is 1.38. The van der Waals surface area contributed by atoms with Crippen LogP contribution in [-0.4, -0.2) is 86.1 Å². The van der Waals surface area contributed by atoms with Gasteiger partial charge in [-0.25, -0.2) is 4.57 Å². The zero-order valence-corrected chi connectivity index (χ0v) is 37.0. The SMILES string of the molecule is CC/C=C\C/C=C\C/C=C\CCCCCCCC(=O)OC[C@H](COP(=O)(O)OCC[N+](C)(C)C)OC(=O)CCC/C=C/C/C=C\C[C@@H](O)/C=C\C=C/CCCCC. The van der Waals surface area contributed by atoms with Gasteiger partial charge in [-0.3, -0.25) is 18.6 Å². The van der Waals surface area contributed by atoms with E-state index < -0.39 is 38.6 Å². The molecule has 0 saturated carbocycles. The lowest BCUT2D eigenvalue weighted by Crippen LogP contribution is -2.37. The first-order valence-electron chi connectivity index (χ1n) is 21.4. The Morgan fingerprint density at radius 3 is 1.91 bits per heavy atom. The lowest BCUT2D eigenvalue weighted by atomic mass is 10.1. The summed E-state index contributed by atoms with van der Waals surface area (Å²) in [5.41, 5.74) is 0. The Morgan fingerprint density at radius 2 is 1.23 bits per heavy atom. The molecule has 0 aromatic rings. The largest absolute Gasteiger partial charge is 0.472 e. The molecule has 0 radical (unpaired) electrons. The maximum atomic E-state index is 12.7. The van der Waals surface area contributed by atoms with E-state index in [1.165, 1.54) is 19.3 Å². The van der Waals surface area contributed by atoms with Crippen LogP contribution in [0.15, 0.2) is 85.1 Å². The molecule has 0 amide bonds. The van der Waals surface area contributed by atoms with E-state index in [0.717, 1.165) is 64.2 Å². The summed E-state index contributed by atoms with van der Waals surface area (Å²) in [6, 6.07) is 0.